The van der Waals surface area contributed by atoms with Crippen LogP contribution in [0.5, 0.6) is 0 Å². The number of carbonyl (C=O) groups excluding carboxylic acids is 1. The number of para-hydroxylation sites is 2. The summed E-state index contributed by atoms with van der Waals surface area (Å²) in [7, 11) is 0. The van der Waals surface area contributed by atoms with Crippen LogP contribution in [0.3, 0.4) is 0 Å². The van der Waals surface area contributed by atoms with Crippen LogP contribution < -0.4 is 10.2 Å². The van der Waals surface area contributed by atoms with Crippen molar-refractivity contribution >= 4 is 28.3 Å². The predicted octanol–water partition coefficient (Wildman–Crippen LogP) is 5.33. The fourth-order valence-corrected chi connectivity index (χ4v) is 6.43. The summed E-state index contributed by atoms with van der Waals surface area (Å²) >= 11 is 0. The normalized spacial score (nSPS) is 19.7. The van der Waals surface area contributed by atoms with Gasteiger partial charge in [0, 0.05) is 69.1 Å². The summed E-state index contributed by atoms with van der Waals surface area (Å²) in [6.07, 6.45) is 1.29. The molecule has 0 radical (unpaired) electrons. The number of anilines is 1. The first-order valence-corrected chi connectivity index (χ1v) is 16.7. The van der Waals surface area contributed by atoms with Crippen molar-refractivity contribution in [3.8, 4) is 0 Å². The highest BCUT2D eigenvalue weighted by Gasteiger charge is 2.34. The molecule has 1 amide bonds. The summed E-state index contributed by atoms with van der Waals surface area (Å²) in [5.41, 5.74) is 6.41. The van der Waals surface area contributed by atoms with E-state index < -0.39 is 6.29 Å². The lowest BCUT2D eigenvalue weighted by atomic mass is 9.99. The molecule has 5 aromatic rings. The van der Waals surface area contributed by atoms with Crippen molar-refractivity contribution in [2.75, 3.05) is 37.6 Å². The number of benzene rings is 4. The molecule has 4 aromatic carbocycles. The number of aromatic nitrogens is 2. The number of hydrogen-bond donors (Lipinski definition) is 2. The fraction of sp³-hybridized carbons (Fsp3) is 0.289. The molecule has 2 aliphatic rings. The second-order valence-electron chi connectivity index (χ2n) is 12.6. The molecule has 50 heavy (non-hydrogen) atoms. The third-order valence-electron chi connectivity index (χ3n) is 9.26. The predicted molar refractivity (Wildman–Crippen MR) is 187 cm³/mol. The zero-order valence-electron chi connectivity index (χ0n) is 27.4. The SMILES string of the molecule is O=C(NCc1ccc([C@@H]2O[C@H](CN3CCN(c4ccc([N+](=O)[O-])cc4)CC3)C[C@H](c3ccc(CO)cc3)O2)cc1)c1cnc2ccccc2n1. The highest BCUT2D eigenvalue weighted by Crippen LogP contribution is 2.38. The first-order valence-electron chi connectivity index (χ1n) is 16.7. The van der Waals surface area contributed by atoms with Crippen LogP contribution >= 0.6 is 0 Å². The molecule has 2 fully saturated rings. The Morgan fingerprint density at radius 1 is 0.860 bits per heavy atom. The molecule has 0 spiro atoms. The molecule has 12 nitrogen and oxygen atoms in total. The highest BCUT2D eigenvalue weighted by molar-refractivity contribution is 5.93. The summed E-state index contributed by atoms with van der Waals surface area (Å²) in [5.74, 6) is -0.294. The molecule has 2 saturated heterocycles. The Morgan fingerprint density at radius 3 is 2.24 bits per heavy atom. The van der Waals surface area contributed by atoms with Gasteiger partial charge in [0.05, 0.1) is 41.0 Å². The second-order valence-corrected chi connectivity index (χ2v) is 12.6. The lowest BCUT2D eigenvalue weighted by Gasteiger charge is -2.41. The maximum Gasteiger partial charge on any atom is 0.271 e. The van der Waals surface area contributed by atoms with Crippen LogP contribution in [0.2, 0.25) is 0 Å². The van der Waals surface area contributed by atoms with Crippen molar-refractivity contribution in [1.29, 1.82) is 0 Å². The minimum absolute atomic E-state index is 0.0194. The zero-order chi connectivity index (χ0) is 34.5. The lowest BCUT2D eigenvalue weighted by Crippen LogP contribution is -2.49. The van der Waals surface area contributed by atoms with E-state index in [9.17, 15) is 20.0 Å². The van der Waals surface area contributed by atoms with Crippen molar-refractivity contribution in [2.24, 2.45) is 0 Å². The second kappa shape index (κ2) is 15.1. The van der Waals surface area contributed by atoms with Gasteiger partial charge >= 0.3 is 0 Å². The Bertz CT molecular complexity index is 1930. The van der Waals surface area contributed by atoms with Gasteiger partial charge in [0.1, 0.15) is 5.69 Å². The highest BCUT2D eigenvalue weighted by atomic mass is 16.7. The van der Waals surface area contributed by atoms with Crippen LogP contribution in [0.25, 0.3) is 11.0 Å². The number of nitrogens with zero attached hydrogens (tertiary/aromatic N) is 5. The lowest BCUT2D eigenvalue weighted by molar-refractivity contribution is -0.384. The minimum atomic E-state index is -0.589. The third kappa shape index (κ3) is 7.79. The number of nitro groups is 1. The van der Waals surface area contributed by atoms with Crippen LogP contribution in [-0.4, -0.2) is 69.6 Å². The Hall–Kier alpha value is -5.27. The molecule has 1 aromatic heterocycles. The molecule has 0 unspecified atom stereocenters. The molecular weight excluding hydrogens is 636 g/mol. The summed E-state index contributed by atoms with van der Waals surface area (Å²) in [6, 6.07) is 29.9. The van der Waals surface area contributed by atoms with Crippen molar-refractivity contribution in [2.45, 2.75) is 38.1 Å². The molecule has 3 heterocycles. The van der Waals surface area contributed by atoms with E-state index >= 15 is 0 Å². The Morgan fingerprint density at radius 2 is 1.54 bits per heavy atom. The molecule has 0 aliphatic carbocycles. The van der Waals surface area contributed by atoms with Gasteiger partial charge in [-0.2, -0.15) is 0 Å². The van der Waals surface area contributed by atoms with Crippen LogP contribution in [-0.2, 0) is 22.6 Å². The molecule has 12 heteroatoms. The van der Waals surface area contributed by atoms with Gasteiger partial charge in [0.15, 0.2) is 6.29 Å². The van der Waals surface area contributed by atoms with Crippen LogP contribution in [0.4, 0.5) is 11.4 Å². The van der Waals surface area contributed by atoms with E-state index in [1.807, 2.05) is 84.9 Å². The van der Waals surface area contributed by atoms with Crippen molar-refractivity contribution < 1.29 is 24.3 Å². The third-order valence-corrected chi connectivity index (χ3v) is 9.26. The monoisotopic (exact) mass is 674 g/mol. The summed E-state index contributed by atoms with van der Waals surface area (Å²) in [6.45, 7) is 4.33. The average Bonchev–Trinajstić information content (AvgIpc) is 3.17. The number of non-ortho nitro benzene ring substituents is 1. The average molecular weight is 675 g/mol. The number of nitrogens with one attached hydrogen (secondary N) is 1. The number of rotatable bonds is 10. The Kier molecular flexibility index (Phi) is 10.0. The number of piperazine rings is 1. The fourth-order valence-electron chi connectivity index (χ4n) is 6.43. The zero-order valence-corrected chi connectivity index (χ0v) is 27.4. The van der Waals surface area contributed by atoms with E-state index in [0.717, 1.165) is 66.2 Å². The molecule has 0 bridgehead atoms. The number of carbonyl (C=O) groups is 1. The largest absolute Gasteiger partial charge is 0.392 e. The van der Waals surface area contributed by atoms with E-state index in [-0.39, 0.29) is 41.0 Å². The maximum absolute atomic E-state index is 12.8. The Balaban J connectivity index is 0.994. The molecule has 7 rings (SSSR count). The van der Waals surface area contributed by atoms with Crippen molar-refractivity contribution in [1.82, 2.24) is 20.2 Å². The first kappa shape index (κ1) is 33.2. The number of amides is 1. The molecular formula is C38H38N6O6. The van der Waals surface area contributed by atoms with Crippen LogP contribution in [0.1, 0.15) is 51.6 Å². The smallest absolute Gasteiger partial charge is 0.271 e. The van der Waals surface area contributed by atoms with E-state index in [0.29, 0.717) is 18.5 Å². The topological polar surface area (TPSA) is 143 Å². The number of nitro benzene ring substituents is 1. The van der Waals surface area contributed by atoms with Gasteiger partial charge in [0.2, 0.25) is 0 Å². The molecule has 0 saturated carbocycles. The molecule has 256 valence electrons. The quantitative estimate of drug-likeness (QED) is 0.147. The standard InChI is InChI=1S/C38H38N6O6/c45-25-27-7-9-28(10-8-27)36-21-32(24-42-17-19-43(20-18-42)30-13-15-31(16-14-30)44(47)48)49-38(50-36)29-11-5-26(6-12-29)22-40-37(46)35-23-39-33-3-1-2-4-34(33)41-35/h1-16,23,32,36,38,45H,17-22,24-25H2,(H,40,46)/t32-,36+,38+/m0/s1. The maximum atomic E-state index is 12.8. The number of hydrogen-bond acceptors (Lipinski definition) is 10. The van der Waals surface area contributed by atoms with Gasteiger partial charge in [-0.05, 0) is 41.0 Å². The van der Waals surface area contributed by atoms with E-state index in [1.54, 1.807) is 12.1 Å². The van der Waals surface area contributed by atoms with Crippen LogP contribution in [0.15, 0.2) is 103 Å². The minimum Gasteiger partial charge on any atom is -0.392 e. The van der Waals surface area contributed by atoms with Crippen molar-refractivity contribution in [3.05, 3.63) is 141 Å². The van der Waals surface area contributed by atoms with Crippen LogP contribution in [0, 0.1) is 10.1 Å². The first-order chi connectivity index (χ1) is 24.4. The summed E-state index contributed by atoms with van der Waals surface area (Å²) in [4.78, 5) is 36.9. The summed E-state index contributed by atoms with van der Waals surface area (Å²) < 4.78 is 13.1. The van der Waals surface area contributed by atoms with E-state index in [4.69, 9.17) is 9.47 Å². The van der Waals surface area contributed by atoms with Gasteiger partial charge in [-0.15, -0.1) is 0 Å². The molecule has 2 aliphatic heterocycles. The van der Waals surface area contributed by atoms with Gasteiger partial charge < -0.3 is 24.8 Å². The van der Waals surface area contributed by atoms with E-state index in [1.165, 1.54) is 6.20 Å². The molecule has 2 N–H and O–H groups in total. The number of aliphatic hydroxyl groups is 1. The van der Waals surface area contributed by atoms with Gasteiger partial charge in [-0.3, -0.25) is 24.8 Å². The number of fused-ring (bicyclic) bond motifs is 1. The Labute approximate surface area is 289 Å². The van der Waals surface area contributed by atoms with Gasteiger partial charge in [-0.1, -0.05) is 60.7 Å². The summed E-state index contributed by atoms with van der Waals surface area (Å²) in [5, 5.41) is 23.5. The van der Waals surface area contributed by atoms with Crippen molar-refractivity contribution in [3.63, 3.8) is 0 Å². The number of ether oxygens (including phenoxy) is 2. The van der Waals surface area contributed by atoms with Gasteiger partial charge in [-0.25, -0.2) is 4.98 Å². The van der Waals surface area contributed by atoms with Gasteiger partial charge in [0.25, 0.3) is 11.6 Å². The molecule has 3 atom stereocenters. The van der Waals surface area contributed by atoms with E-state index in [2.05, 4.69) is 25.1 Å². The number of aliphatic hydroxyl groups excluding tert-OH is 1.